The molecule has 96 valence electrons. The summed E-state index contributed by atoms with van der Waals surface area (Å²) in [6.45, 7) is 2.26. The van der Waals surface area contributed by atoms with Gasteiger partial charge in [-0.1, -0.05) is 12.1 Å². The molecule has 0 aliphatic carbocycles. The molecule has 5 heteroatoms. The summed E-state index contributed by atoms with van der Waals surface area (Å²) >= 11 is 0. The highest BCUT2D eigenvalue weighted by Crippen LogP contribution is 2.12. The first-order chi connectivity index (χ1) is 7.63. The van der Waals surface area contributed by atoms with E-state index in [1.165, 1.54) is 0 Å². The summed E-state index contributed by atoms with van der Waals surface area (Å²) in [5.74, 6) is 0.707. The van der Waals surface area contributed by atoms with E-state index in [9.17, 15) is 4.79 Å². The standard InChI is InChI=1S/C12H18N2O2.ClH/c1-9(13)12(15)14-7-6-10-4-3-5-11(8-10)16-2;/h3-5,8-9H,6-7,13H2,1-2H3,(H,14,15);1H/t9-;/m1./s1. The first kappa shape index (κ1) is 15.7. The second-order valence-electron chi connectivity index (χ2n) is 3.68. The van der Waals surface area contributed by atoms with Crippen molar-refractivity contribution in [1.29, 1.82) is 0 Å². The van der Waals surface area contributed by atoms with Crippen LogP contribution in [0, 0.1) is 0 Å². The summed E-state index contributed by atoms with van der Waals surface area (Å²) in [6, 6.07) is 7.33. The number of halogens is 1. The molecule has 1 aromatic rings. The number of carbonyl (C=O) groups excluding carboxylic acids is 1. The molecule has 0 aliphatic heterocycles. The lowest BCUT2D eigenvalue weighted by Gasteiger charge is -2.08. The fourth-order valence-electron chi connectivity index (χ4n) is 1.32. The molecule has 0 radical (unpaired) electrons. The van der Waals surface area contributed by atoms with Gasteiger partial charge >= 0.3 is 0 Å². The van der Waals surface area contributed by atoms with Crippen LogP contribution in [0.5, 0.6) is 5.75 Å². The van der Waals surface area contributed by atoms with Gasteiger partial charge in [0.15, 0.2) is 0 Å². The Labute approximate surface area is 108 Å². The Morgan fingerprint density at radius 3 is 2.82 bits per heavy atom. The van der Waals surface area contributed by atoms with Crippen molar-refractivity contribution in [3.05, 3.63) is 29.8 Å². The predicted octanol–water partition coefficient (Wildman–Crippen LogP) is 1.12. The molecule has 17 heavy (non-hydrogen) atoms. The van der Waals surface area contributed by atoms with Gasteiger partial charge in [0.05, 0.1) is 13.2 Å². The quantitative estimate of drug-likeness (QED) is 0.832. The molecule has 0 unspecified atom stereocenters. The Balaban J connectivity index is 0.00000256. The molecule has 0 aromatic heterocycles. The maximum absolute atomic E-state index is 11.2. The van der Waals surface area contributed by atoms with Gasteiger partial charge in [0.1, 0.15) is 5.75 Å². The number of amides is 1. The van der Waals surface area contributed by atoms with E-state index in [0.29, 0.717) is 6.54 Å². The minimum absolute atomic E-state index is 0. The summed E-state index contributed by atoms with van der Waals surface area (Å²) in [6.07, 6.45) is 0.773. The fourth-order valence-corrected chi connectivity index (χ4v) is 1.32. The van der Waals surface area contributed by atoms with Crippen LogP contribution in [-0.4, -0.2) is 25.6 Å². The number of ether oxygens (including phenoxy) is 1. The van der Waals surface area contributed by atoms with Crippen molar-refractivity contribution in [2.75, 3.05) is 13.7 Å². The third-order valence-corrected chi connectivity index (χ3v) is 2.26. The van der Waals surface area contributed by atoms with E-state index >= 15 is 0 Å². The lowest BCUT2D eigenvalue weighted by Crippen LogP contribution is -2.39. The zero-order chi connectivity index (χ0) is 12.0. The van der Waals surface area contributed by atoms with Crippen LogP contribution in [-0.2, 0) is 11.2 Å². The molecule has 1 atom stereocenters. The molecule has 4 nitrogen and oxygen atoms in total. The van der Waals surface area contributed by atoms with Crippen molar-refractivity contribution < 1.29 is 9.53 Å². The normalized spacial score (nSPS) is 11.2. The first-order valence-corrected chi connectivity index (χ1v) is 5.29. The summed E-state index contributed by atoms with van der Waals surface area (Å²) < 4.78 is 5.11. The van der Waals surface area contributed by atoms with Crippen molar-refractivity contribution >= 4 is 18.3 Å². The van der Waals surface area contributed by atoms with E-state index < -0.39 is 6.04 Å². The van der Waals surface area contributed by atoms with E-state index in [4.69, 9.17) is 10.5 Å². The van der Waals surface area contributed by atoms with Gasteiger partial charge < -0.3 is 15.8 Å². The van der Waals surface area contributed by atoms with Gasteiger partial charge in [0.25, 0.3) is 0 Å². The predicted molar refractivity (Wildman–Crippen MR) is 70.6 cm³/mol. The second-order valence-corrected chi connectivity index (χ2v) is 3.68. The van der Waals surface area contributed by atoms with Crippen LogP contribution >= 0.6 is 12.4 Å². The third-order valence-electron chi connectivity index (χ3n) is 2.26. The lowest BCUT2D eigenvalue weighted by molar-refractivity contribution is -0.121. The second kappa shape index (κ2) is 7.92. The Morgan fingerprint density at radius 2 is 2.24 bits per heavy atom. The van der Waals surface area contributed by atoms with Crippen molar-refractivity contribution in [3.63, 3.8) is 0 Å². The molecule has 0 spiro atoms. The van der Waals surface area contributed by atoms with Crippen molar-refractivity contribution in [2.45, 2.75) is 19.4 Å². The molecule has 1 rings (SSSR count). The maximum atomic E-state index is 11.2. The number of rotatable bonds is 5. The molecule has 0 saturated carbocycles. The maximum Gasteiger partial charge on any atom is 0.236 e. The molecule has 0 fully saturated rings. The number of nitrogens with one attached hydrogen (secondary N) is 1. The first-order valence-electron chi connectivity index (χ1n) is 5.29. The smallest absolute Gasteiger partial charge is 0.236 e. The third kappa shape index (κ3) is 5.56. The largest absolute Gasteiger partial charge is 0.497 e. The minimum atomic E-state index is -0.453. The molecule has 0 aliphatic rings. The Morgan fingerprint density at radius 1 is 1.53 bits per heavy atom. The van der Waals surface area contributed by atoms with Gasteiger partial charge in [0, 0.05) is 6.54 Å². The van der Waals surface area contributed by atoms with E-state index in [1.807, 2.05) is 24.3 Å². The fraction of sp³-hybridized carbons (Fsp3) is 0.417. The molecule has 0 saturated heterocycles. The van der Waals surface area contributed by atoms with E-state index in [0.717, 1.165) is 17.7 Å². The minimum Gasteiger partial charge on any atom is -0.497 e. The topological polar surface area (TPSA) is 64.3 Å². The number of methoxy groups -OCH3 is 1. The van der Waals surface area contributed by atoms with Gasteiger partial charge in [-0.3, -0.25) is 4.79 Å². The molecule has 0 heterocycles. The zero-order valence-electron chi connectivity index (χ0n) is 10.1. The van der Waals surface area contributed by atoms with Gasteiger partial charge in [-0.05, 0) is 31.0 Å². The Hall–Kier alpha value is -1.26. The van der Waals surface area contributed by atoms with Gasteiger partial charge in [-0.15, -0.1) is 12.4 Å². The van der Waals surface area contributed by atoms with Gasteiger partial charge in [-0.25, -0.2) is 0 Å². The molecular weight excluding hydrogens is 240 g/mol. The summed E-state index contributed by atoms with van der Waals surface area (Å²) in [5, 5.41) is 2.76. The lowest BCUT2D eigenvalue weighted by atomic mass is 10.1. The SMILES string of the molecule is COc1cccc(CCNC(=O)[C@@H](C)N)c1.Cl. The Kier molecular flexibility index (Phi) is 7.34. The van der Waals surface area contributed by atoms with E-state index in [1.54, 1.807) is 14.0 Å². The van der Waals surface area contributed by atoms with Gasteiger partial charge in [0.2, 0.25) is 5.91 Å². The Bertz CT molecular complexity index is 356. The number of carbonyl (C=O) groups is 1. The van der Waals surface area contributed by atoms with Crippen LogP contribution in [0.4, 0.5) is 0 Å². The highest BCUT2D eigenvalue weighted by molar-refractivity contribution is 5.85. The number of hydrogen-bond acceptors (Lipinski definition) is 3. The van der Waals surface area contributed by atoms with Gasteiger partial charge in [-0.2, -0.15) is 0 Å². The summed E-state index contributed by atoms with van der Waals surface area (Å²) in [5.41, 5.74) is 6.56. The number of benzene rings is 1. The highest BCUT2D eigenvalue weighted by Gasteiger charge is 2.05. The highest BCUT2D eigenvalue weighted by atomic mass is 35.5. The molecule has 0 bridgehead atoms. The number of hydrogen-bond donors (Lipinski definition) is 2. The van der Waals surface area contributed by atoms with Crippen LogP contribution in [0.1, 0.15) is 12.5 Å². The summed E-state index contributed by atoms with van der Waals surface area (Å²) in [4.78, 5) is 11.2. The summed E-state index contributed by atoms with van der Waals surface area (Å²) in [7, 11) is 1.64. The van der Waals surface area contributed by atoms with Crippen LogP contribution in [0.3, 0.4) is 0 Å². The van der Waals surface area contributed by atoms with E-state index in [-0.39, 0.29) is 18.3 Å². The van der Waals surface area contributed by atoms with Crippen LogP contribution < -0.4 is 15.8 Å². The molecule has 3 N–H and O–H groups in total. The molecule has 1 amide bonds. The average Bonchev–Trinajstić information content (AvgIpc) is 2.29. The van der Waals surface area contributed by atoms with Crippen molar-refractivity contribution in [2.24, 2.45) is 5.73 Å². The van der Waals surface area contributed by atoms with Crippen LogP contribution in [0.25, 0.3) is 0 Å². The average molecular weight is 259 g/mol. The zero-order valence-corrected chi connectivity index (χ0v) is 10.9. The monoisotopic (exact) mass is 258 g/mol. The number of nitrogens with two attached hydrogens (primary N) is 1. The van der Waals surface area contributed by atoms with Crippen LogP contribution in [0.2, 0.25) is 0 Å². The molecule has 1 aromatic carbocycles. The van der Waals surface area contributed by atoms with Crippen molar-refractivity contribution in [1.82, 2.24) is 5.32 Å². The molecular formula is C12H19ClN2O2. The van der Waals surface area contributed by atoms with Crippen LogP contribution in [0.15, 0.2) is 24.3 Å². The van der Waals surface area contributed by atoms with E-state index in [2.05, 4.69) is 5.32 Å². The van der Waals surface area contributed by atoms with Crippen molar-refractivity contribution in [3.8, 4) is 5.75 Å².